The molecule has 24 nitrogen and oxygen atoms in total. The van der Waals surface area contributed by atoms with Crippen LogP contribution < -0.4 is 16.4 Å². The number of imidazole rings is 1. The zero-order valence-electron chi connectivity index (χ0n) is 27.6. The van der Waals surface area contributed by atoms with Gasteiger partial charge in [0.1, 0.15) is 42.0 Å². The Hall–Kier alpha value is -2.79. The Morgan fingerprint density at radius 1 is 1.06 bits per heavy atom. The Balaban J connectivity index is 1.61. The molecular weight excluding hydrogens is 751 g/mol. The first-order valence-electron chi connectivity index (χ1n) is 14.8. The summed E-state index contributed by atoms with van der Waals surface area (Å²) in [6, 6.07) is 0. The number of aliphatic hydroxyl groups excluding tert-OH is 2. The van der Waals surface area contributed by atoms with Crippen LogP contribution in [0.2, 0.25) is 0 Å². The van der Waals surface area contributed by atoms with E-state index in [0.717, 1.165) is 17.2 Å². The van der Waals surface area contributed by atoms with Crippen LogP contribution in [0.25, 0.3) is 11.2 Å². The Kier molecular flexibility index (Phi) is 13.8. The summed E-state index contributed by atoms with van der Waals surface area (Å²) in [6.07, 6.45) is -5.36. The van der Waals surface area contributed by atoms with Gasteiger partial charge >= 0.3 is 23.5 Å². The summed E-state index contributed by atoms with van der Waals surface area (Å²) in [5, 5.41) is 26.3. The average molecular weight is 792 g/mol. The average Bonchev–Trinajstić information content (AvgIpc) is 3.54. The predicted molar refractivity (Wildman–Crippen MR) is 170 cm³/mol. The number of nitrogen functional groups attached to an aromatic ring is 1. The number of Topliss-reactive ketones (excluding diaryl/α,β-unsaturated/α-hetero) is 1. The molecule has 1 aliphatic rings. The number of hydrogen-bond acceptors (Lipinski definition) is 17. The lowest BCUT2D eigenvalue weighted by atomic mass is 9.87. The van der Waals surface area contributed by atoms with E-state index in [4.69, 9.17) is 19.5 Å². The molecule has 1 fully saturated rings. The molecule has 2 aromatic heterocycles. The number of phosphoric acid groups is 3. The summed E-state index contributed by atoms with van der Waals surface area (Å²) in [5.41, 5.74) is 2.30. The molecule has 2 amide bonds. The summed E-state index contributed by atoms with van der Waals surface area (Å²) in [4.78, 5) is 86.2. The molecule has 0 bridgehead atoms. The van der Waals surface area contributed by atoms with E-state index >= 15 is 0 Å². The van der Waals surface area contributed by atoms with Gasteiger partial charge in [-0.15, -0.1) is 0 Å². The number of nitrogens with one attached hydrogen (secondary N) is 2. The van der Waals surface area contributed by atoms with Crippen molar-refractivity contribution in [1.29, 1.82) is 0 Å². The van der Waals surface area contributed by atoms with Gasteiger partial charge in [-0.3, -0.25) is 32.5 Å². The Labute approximate surface area is 289 Å². The molecule has 27 heteroatoms. The fourth-order valence-electron chi connectivity index (χ4n) is 4.63. The van der Waals surface area contributed by atoms with Gasteiger partial charge in [0, 0.05) is 31.3 Å². The van der Waals surface area contributed by atoms with E-state index in [1.54, 1.807) is 0 Å². The highest BCUT2D eigenvalue weighted by molar-refractivity contribution is 7.61. The highest BCUT2D eigenvalue weighted by atomic mass is 31.3. The lowest BCUT2D eigenvalue weighted by Gasteiger charge is -2.30. The van der Waals surface area contributed by atoms with Crippen molar-refractivity contribution < 1.29 is 80.5 Å². The minimum atomic E-state index is -5.58. The van der Waals surface area contributed by atoms with Crippen molar-refractivity contribution in [3.63, 3.8) is 0 Å². The van der Waals surface area contributed by atoms with Gasteiger partial charge in [0.05, 0.1) is 19.5 Å². The van der Waals surface area contributed by atoms with Gasteiger partial charge in [-0.25, -0.2) is 28.6 Å². The molecule has 0 spiro atoms. The summed E-state index contributed by atoms with van der Waals surface area (Å²) in [5.74, 6) is -1.63. The number of amides is 2. The van der Waals surface area contributed by atoms with Gasteiger partial charge in [-0.1, -0.05) is 13.8 Å². The van der Waals surface area contributed by atoms with Crippen LogP contribution in [0.4, 0.5) is 5.82 Å². The van der Waals surface area contributed by atoms with Gasteiger partial charge in [0.15, 0.2) is 17.2 Å². The maximum atomic E-state index is 12.7. The molecule has 288 valence electrons. The fourth-order valence-corrected chi connectivity index (χ4v) is 7.45. The van der Waals surface area contributed by atoms with Crippen molar-refractivity contribution in [2.45, 2.75) is 70.7 Å². The summed E-state index contributed by atoms with van der Waals surface area (Å²) < 4.78 is 62.3. The molecule has 0 radical (unpaired) electrons. The van der Waals surface area contributed by atoms with Crippen LogP contribution in [0.1, 0.15) is 40.5 Å². The van der Waals surface area contributed by atoms with E-state index in [0.29, 0.717) is 0 Å². The van der Waals surface area contributed by atoms with Crippen LogP contribution in [-0.2, 0) is 56.4 Å². The first-order valence-corrected chi connectivity index (χ1v) is 19.3. The second-order valence-corrected chi connectivity index (χ2v) is 16.3. The predicted octanol–water partition coefficient (Wildman–Crippen LogP) is -1.44. The minimum Gasteiger partial charge on any atom is -0.385 e. The van der Waals surface area contributed by atoms with Crippen LogP contribution >= 0.6 is 23.5 Å². The third kappa shape index (κ3) is 11.6. The van der Waals surface area contributed by atoms with Crippen molar-refractivity contribution >= 4 is 58.0 Å². The molecular formula is C24H40N7O17P3. The molecule has 10 N–H and O–H groups in total. The Morgan fingerprint density at radius 3 is 2.31 bits per heavy atom. The lowest BCUT2D eigenvalue weighted by molar-refractivity contribution is -0.137. The smallest absolute Gasteiger partial charge is 0.385 e. The molecule has 51 heavy (non-hydrogen) atoms. The molecule has 0 saturated carbocycles. The van der Waals surface area contributed by atoms with Crippen LogP contribution in [0, 0.1) is 5.41 Å². The maximum Gasteiger partial charge on any atom is 0.481 e. The van der Waals surface area contributed by atoms with Crippen molar-refractivity contribution in [3.05, 3.63) is 12.7 Å². The second kappa shape index (κ2) is 16.5. The second-order valence-electron chi connectivity index (χ2n) is 12.1. The molecule has 1 aliphatic heterocycles. The number of nitrogens with two attached hydrogens (primary N) is 1. The molecule has 7 atom stereocenters. The van der Waals surface area contributed by atoms with Crippen LogP contribution in [-0.4, -0.2) is 118 Å². The first-order chi connectivity index (χ1) is 23.4. The fraction of sp³-hybridized carbons (Fsp3) is 0.667. The maximum absolute atomic E-state index is 12.7. The van der Waals surface area contributed by atoms with Crippen molar-refractivity contribution in [3.8, 4) is 0 Å². The normalized spacial score (nSPS) is 24.1. The largest absolute Gasteiger partial charge is 0.481 e. The first kappa shape index (κ1) is 42.6. The van der Waals surface area contributed by atoms with Crippen LogP contribution in [0.5, 0.6) is 0 Å². The molecule has 0 aromatic carbocycles. The monoisotopic (exact) mass is 791 g/mol. The molecule has 2 aromatic rings. The number of ether oxygens (including phenoxy) is 1. The quantitative estimate of drug-likeness (QED) is 0.0735. The van der Waals surface area contributed by atoms with Gasteiger partial charge in [0.25, 0.3) is 0 Å². The van der Waals surface area contributed by atoms with Crippen molar-refractivity contribution in [1.82, 2.24) is 30.2 Å². The third-order valence-electron chi connectivity index (χ3n) is 7.36. The van der Waals surface area contributed by atoms with Crippen LogP contribution in [0.3, 0.4) is 0 Å². The van der Waals surface area contributed by atoms with E-state index in [1.807, 2.05) is 0 Å². The lowest BCUT2D eigenvalue weighted by Crippen LogP contribution is -2.46. The van der Waals surface area contributed by atoms with Gasteiger partial charge in [0.2, 0.25) is 11.8 Å². The molecule has 1 saturated heterocycles. The number of anilines is 1. The number of aromatic nitrogens is 4. The van der Waals surface area contributed by atoms with Crippen LogP contribution in [0.15, 0.2) is 12.7 Å². The number of carbonyl (C=O) groups excluding carboxylic acids is 3. The highest BCUT2D eigenvalue weighted by Gasteiger charge is 2.57. The van der Waals surface area contributed by atoms with E-state index < -0.39 is 84.1 Å². The summed E-state index contributed by atoms with van der Waals surface area (Å²) in [6.45, 7) is 2.96. The van der Waals surface area contributed by atoms with E-state index in [-0.39, 0.29) is 48.7 Å². The van der Waals surface area contributed by atoms with Crippen molar-refractivity contribution in [2.24, 2.45) is 5.41 Å². The minimum absolute atomic E-state index is 0.0190. The molecule has 3 rings (SSSR count). The standard InChI is InChI=1S/C24H40N7O17P3/c1-13(32)5-7-26-15(33)6-8-27-22(36)19(35)23(2,3)10-45-51(42,43)48-50(40,41)44-9-14-17(47-49(37,38)39)18(34)24(4,46-14)31-12-30-16-20(25)28-11-29-21(16)31/h11-12,14,17-19,34-35H,5-10H2,1-4H3,(H,26,33)(H,27,36)(H,40,41)(H,42,43)(H2,25,28,29)(H2,37,38,39). The number of rotatable bonds is 19. The summed E-state index contributed by atoms with van der Waals surface area (Å²) in [7, 11) is -16.4. The van der Waals surface area contributed by atoms with E-state index in [1.165, 1.54) is 27.7 Å². The number of nitrogens with zero attached hydrogens (tertiary/aromatic N) is 4. The highest BCUT2D eigenvalue weighted by Crippen LogP contribution is 2.61. The molecule has 0 aliphatic carbocycles. The third-order valence-corrected chi connectivity index (χ3v) is 10.5. The number of ketones is 1. The molecule has 3 heterocycles. The zero-order chi connectivity index (χ0) is 38.6. The number of hydrogen-bond donors (Lipinski definition) is 9. The molecule has 7 unspecified atom stereocenters. The SMILES string of the molecule is CC(=O)CCNC(=O)CCNC(=O)C(O)C(C)(C)COP(=O)(O)OP(=O)(O)OCC1OC(C)(n2cnc3c(N)ncnc32)C(O)C1OP(=O)(O)O. The Bertz CT molecular complexity index is 1740. The van der Waals surface area contributed by atoms with Crippen molar-refractivity contribution in [2.75, 3.05) is 32.0 Å². The number of aliphatic hydroxyl groups is 2. The van der Waals surface area contributed by atoms with E-state index in [2.05, 4.69) is 34.4 Å². The van der Waals surface area contributed by atoms with E-state index in [9.17, 15) is 57.9 Å². The van der Waals surface area contributed by atoms with Gasteiger partial charge < -0.3 is 50.9 Å². The number of carbonyl (C=O) groups is 3. The topological polar surface area (TPSA) is 364 Å². The van der Waals surface area contributed by atoms with Gasteiger partial charge in [-0.2, -0.15) is 4.31 Å². The Morgan fingerprint density at radius 2 is 1.69 bits per heavy atom. The zero-order valence-corrected chi connectivity index (χ0v) is 30.3. The summed E-state index contributed by atoms with van der Waals surface area (Å²) >= 11 is 0. The number of fused-ring (bicyclic) bond motifs is 1. The number of phosphoric ester groups is 3. The van der Waals surface area contributed by atoms with Gasteiger partial charge in [-0.05, 0) is 13.8 Å².